The van der Waals surface area contributed by atoms with Crippen LogP contribution in [0, 0.1) is 0 Å². The zero-order chi connectivity index (χ0) is 16.2. The highest BCUT2D eigenvalue weighted by Gasteiger charge is 2.36. The maximum atomic E-state index is 12.4. The third-order valence-corrected chi connectivity index (χ3v) is 3.47. The summed E-state index contributed by atoms with van der Waals surface area (Å²) in [7, 11) is 2.74. The molecule has 2 rings (SSSR count). The van der Waals surface area contributed by atoms with E-state index in [1.807, 2.05) is 30.3 Å². The normalized spacial score (nSPS) is 13.4. The number of rotatable bonds is 5. The molecule has 0 radical (unpaired) electrons. The van der Waals surface area contributed by atoms with Gasteiger partial charge in [-0.25, -0.2) is 4.79 Å². The maximum Gasteiger partial charge on any atom is 0.333 e. The minimum atomic E-state index is -1.23. The van der Waals surface area contributed by atoms with Crippen LogP contribution in [0.2, 0.25) is 0 Å². The standard InChI is InChI=1S/C17H19NO4/c1-17(11-21-2,16(20)22-3)18-15(19)14-9-8-12-6-4-5-7-13(12)10-14/h4-10H,11H2,1-3H3,(H,18,19). The van der Waals surface area contributed by atoms with Crippen molar-refractivity contribution in [2.24, 2.45) is 0 Å². The number of hydrogen-bond donors (Lipinski definition) is 1. The summed E-state index contributed by atoms with van der Waals surface area (Å²) in [6.45, 7) is 1.60. The van der Waals surface area contributed by atoms with Crippen molar-refractivity contribution in [3.05, 3.63) is 48.0 Å². The fourth-order valence-corrected chi connectivity index (χ4v) is 2.31. The maximum absolute atomic E-state index is 12.4. The van der Waals surface area contributed by atoms with Gasteiger partial charge in [-0.2, -0.15) is 0 Å². The Kier molecular flexibility index (Phi) is 4.78. The number of ether oxygens (including phenoxy) is 2. The van der Waals surface area contributed by atoms with Gasteiger partial charge < -0.3 is 14.8 Å². The molecule has 0 aliphatic carbocycles. The molecular formula is C17H19NO4. The Morgan fingerprint density at radius 3 is 2.41 bits per heavy atom. The number of hydrogen-bond acceptors (Lipinski definition) is 4. The first kappa shape index (κ1) is 16.0. The molecule has 1 atom stereocenters. The van der Waals surface area contributed by atoms with Gasteiger partial charge in [0.05, 0.1) is 13.7 Å². The highest BCUT2D eigenvalue weighted by molar-refractivity contribution is 6.01. The summed E-state index contributed by atoms with van der Waals surface area (Å²) < 4.78 is 9.76. The largest absolute Gasteiger partial charge is 0.467 e. The number of esters is 1. The zero-order valence-corrected chi connectivity index (χ0v) is 12.9. The van der Waals surface area contributed by atoms with Crippen LogP contribution in [0.3, 0.4) is 0 Å². The van der Waals surface area contributed by atoms with Crippen LogP contribution in [0.4, 0.5) is 0 Å². The summed E-state index contributed by atoms with van der Waals surface area (Å²) in [6, 6.07) is 13.1. The first-order valence-corrected chi connectivity index (χ1v) is 6.89. The molecule has 5 heteroatoms. The van der Waals surface area contributed by atoms with Gasteiger partial charge in [-0.15, -0.1) is 0 Å². The lowest BCUT2D eigenvalue weighted by molar-refractivity contribution is -0.149. The van der Waals surface area contributed by atoms with Gasteiger partial charge >= 0.3 is 5.97 Å². The van der Waals surface area contributed by atoms with Gasteiger partial charge in [0.25, 0.3) is 5.91 Å². The lowest BCUT2D eigenvalue weighted by atomic mass is 10.0. The quantitative estimate of drug-likeness (QED) is 0.859. The van der Waals surface area contributed by atoms with E-state index in [9.17, 15) is 9.59 Å². The van der Waals surface area contributed by atoms with Crippen molar-refractivity contribution in [2.75, 3.05) is 20.8 Å². The first-order chi connectivity index (χ1) is 10.5. The summed E-state index contributed by atoms with van der Waals surface area (Å²) in [5.41, 5.74) is -0.753. The summed E-state index contributed by atoms with van der Waals surface area (Å²) in [4.78, 5) is 24.3. The van der Waals surface area contributed by atoms with Gasteiger partial charge in [0.1, 0.15) is 0 Å². The highest BCUT2D eigenvalue weighted by Crippen LogP contribution is 2.17. The molecule has 0 aliphatic rings. The Hall–Kier alpha value is -2.40. The Morgan fingerprint density at radius 2 is 1.77 bits per heavy atom. The molecule has 2 aromatic rings. The summed E-state index contributed by atoms with van der Waals surface area (Å²) >= 11 is 0. The smallest absolute Gasteiger partial charge is 0.333 e. The molecule has 0 saturated heterocycles. The number of carbonyl (C=O) groups excluding carboxylic acids is 2. The number of methoxy groups -OCH3 is 2. The molecule has 116 valence electrons. The topological polar surface area (TPSA) is 64.6 Å². The van der Waals surface area contributed by atoms with E-state index in [1.54, 1.807) is 19.1 Å². The van der Waals surface area contributed by atoms with Crippen LogP contribution in [0.15, 0.2) is 42.5 Å². The van der Waals surface area contributed by atoms with Gasteiger partial charge in [0.2, 0.25) is 0 Å². The van der Waals surface area contributed by atoms with E-state index in [1.165, 1.54) is 14.2 Å². The van der Waals surface area contributed by atoms with E-state index >= 15 is 0 Å². The second-order valence-corrected chi connectivity index (χ2v) is 5.27. The van der Waals surface area contributed by atoms with Crippen molar-refractivity contribution in [1.29, 1.82) is 0 Å². The van der Waals surface area contributed by atoms with Crippen molar-refractivity contribution in [2.45, 2.75) is 12.5 Å². The number of amides is 1. The van der Waals surface area contributed by atoms with Gasteiger partial charge in [0, 0.05) is 12.7 Å². The second-order valence-electron chi connectivity index (χ2n) is 5.27. The molecule has 0 aromatic heterocycles. The zero-order valence-electron chi connectivity index (χ0n) is 12.9. The molecule has 1 amide bonds. The van der Waals surface area contributed by atoms with E-state index in [0.29, 0.717) is 5.56 Å². The van der Waals surface area contributed by atoms with E-state index in [4.69, 9.17) is 9.47 Å². The average molecular weight is 301 g/mol. The predicted molar refractivity (Wildman–Crippen MR) is 83.7 cm³/mol. The Morgan fingerprint density at radius 1 is 1.09 bits per heavy atom. The van der Waals surface area contributed by atoms with Crippen LogP contribution >= 0.6 is 0 Å². The van der Waals surface area contributed by atoms with Crippen molar-refractivity contribution < 1.29 is 19.1 Å². The summed E-state index contributed by atoms with van der Waals surface area (Å²) in [6.07, 6.45) is 0. The molecule has 0 heterocycles. The van der Waals surface area contributed by atoms with Gasteiger partial charge in [-0.1, -0.05) is 30.3 Å². The van der Waals surface area contributed by atoms with E-state index < -0.39 is 11.5 Å². The van der Waals surface area contributed by atoms with E-state index in [-0.39, 0.29) is 12.5 Å². The van der Waals surface area contributed by atoms with E-state index in [2.05, 4.69) is 5.32 Å². The number of nitrogens with one attached hydrogen (secondary N) is 1. The van der Waals surface area contributed by atoms with Gasteiger partial charge in [-0.3, -0.25) is 4.79 Å². The lowest BCUT2D eigenvalue weighted by Crippen LogP contribution is -2.55. The second kappa shape index (κ2) is 6.58. The molecule has 0 spiro atoms. The van der Waals surface area contributed by atoms with Crippen molar-refractivity contribution in [3.63, 3.8) is 0 Å². The number of carbonyl (C=O) groups is 2. The fraction of sp³-hybridized carbons (Fsp3) is 0.294. The molecule has 0 bridgehead atoms. The minimum absolute atomic E-state index is 0.0268. The molecule has 0 saturated carbocycles. The monoisotopic (exact) mass is 301 g/mol. The van der Waals surface area contributed by atoms with E-state index in [0.717, 1.165) is 10.8 Å². The van der Waals surface area contributed by atoms with Gasteiger partial charge in [0.15, 0.2) is 5.54 Å². The first-order valence-electron chi connectivity index (χ1n) is 6.89. The van der Waals surface area contributed by atoms with Crippen LogP contribution < -0.4 is 5.32 Å². The van der Waals surface area contributed by atoms with Crippen LogP contribution in [-0.4, -0.2) is 38.2 Å². The SMILES string of the molecule is COCC(C)(NC(=O)c1ccc2ccccc2c1)C(=O)OC. The predicted octanol–water partition coefficient (Wildman–Crippen LogP) is 2.15. The average Bonchev–Trinajstić information content (AvgIpc) is 2.53. The fourth-order valence-electron chi connectivity index (χ4n) is 2.31. The van der Waals surface area contributed by atoms with Crippen molar-refractivity contribution in [3.8, 4) is 0 Å². The Balaban J connectivity index is 2.26. The molecule has 22 heavy (non-hydrogen) atoms. The van der Waals surface area contributed by atoms with Crippen LogP contribution in [0.25, 0.3) is 10.8 Å². The lowest BCUT2D eigenvalue weighted by Gasteiger charge is -2.27. The van der Waals surface area contributed by atoms with Crippen LogP contribution in [-0.2, 0) is 14.3 Å². The molecule has 2 aromatic carbocycles. The molecule has 0 aliphatic heterocycles. The van der Waals surface area contributed by atoms with Gasteiger partial charge in [-0.05, 0) is 29.8 Å². The minimum Gasteiger partial charge on any atom is -0.467 e. The highest BCUT2D eigenvalue weighted by atomic mass is 16.5. The third kappa shape index (κ3) is 3.26. The van der Waals surface area contributed by atoms with Crippen LogP contribution in [0.1, 0.15) is 17.3 Å². The van der Waals surface area contributed by atoms with Crippen molar-refractivity contribution >= 4 is 22.6 Å². The van der Waals surface area contributed by atoms with Crippen molar-refractivity contribution in [1.82, 2.24) is 5.32 Å². The Labute approximate surface area is 129 Å². The Bertz CT molecular complexity index is 698. The number of fused-ring (bicyclic) bond motifs is 1. The molecule has 5 nitrogen and oxygen atoms in total. The third-order valence-electron chi connectivity index (χ3n) is 3.47. The molecule has 1 unspecified atom stereocenters. The van der Waals surface area contributed by atoms with Crippen LogP contribution in [0.5, 0.6) is 0 Å². The molecular weight excluding hydrogens is 282 g/mol. The number of benzene rings is 2. The molecule has 0 fully saturated rings. The summed E-state index contributed by atoms with van der Waals surface area (Å²) in [5.74, 6) is -0.904. The molecule has 1 N–H and O–H groups in total. The summed E-state index contributed by atoms with van der Waals surface area (Å²) in [5, 5.41) is 4.70.